The zero-order chi connectivity index (χ0) is 28.2. The SMILES string of the molecule is CC(C)N(CC1CC(O)C(n2cnc3c(N)ncnc32)O1)C1CC(CCc2nc3ccc(C(C)(C)C)cc3[nH]2)C1. The number of H-pyrrole nitrogens is 1. The second-order valence-electron chi connectivity index (χ2n) is 13.0. The van der Waals surface area contributed by atoms with Crippen LogP contribution < -0.4 is 5.73 Å². The number of nitrogens with one attached hydrogen (secondary N) is 1. The fourth-order valence-corrected chi connectivity index (χ4v) is 6.37. The lowest BCUT2D eigenvalue weighted by atomic mass is 9.76. The standard InChI is InChI=1S/C30H42N8O2/c1-17(2)37(14-21-13-24(39)29(40-21)38-16-34-26-27(31)32-15-33-28(26)38)20-10-18(11-20)6-9-25-35-22-8-7-19(30(3,4)5)12-23(22)36-25/h7-8,12,15-18,20-21,24,29,39H,6,9-11,13-14H2,1-5H3,(H,35,36)(H2,31,32,33). The Morgan fingerprint density at radius 2 is 1.98 bits per heavy atom. The van der Waals surface area contributed by atoms with Crippen molar-refractivity contribution in [3.8, 4) is 0 Å². The Bertz CT molecular complexity index is 1480. The summed E-state index contributed by atoms with van der Waals surface area (Å²) < 4.78 is 8.15. The molecule has 0 bridgehead atoms. The molecule has 2 aliphatic rings. The number of hydrogen-bond donors (Lipinski definition) is 3. The third-order valence-corrected chi connectivity index (χ3v) is 8.77. The third-order valence-electron chi connectivity index (χ3n) is 8.77. The van der Waals surface area contributed by atoms with Crippen LogP contribution >= 0.6 is 0 Å². The van der Waals surface area contributed by atoms with Crippen LogP contribution in [0.2, 0.25) is 0 Å². The molecular weight excluding hydrogens is 504 g/mol. The minimum atomic E-state index is -0.634. The summed E-state index contributed by atoms with van der Waals surface area (Å²) in [6, 6.07) is 7.52. The number of aliphatic hydroxyl groups is 1. The molecule has 4 heterocycles. The van der Waals surface area contributed by atoms with E-state index in [9.17, 15) is 5.11 Å². The molecule has 3 aromatic heterocycles. The van der Waals surface area contributed by atoms with Crippen molar-refractivity contribution in [2.24, 2.45) is 5.92 Å². The highest BCUT2D eigenvalue weighted by atomic mass is 16.5. The van der Waals surface area contributed by atoms with Gasteiger partial charge < -0.3 is 20.6 Å². The number of fused-ring (bicyclic) bond motifs is 2. The van der Waals surface area contributed by atoms with E-state index in [-0.39, 0.29) is 11.5 Å². The van der Waals surface area contributed by atoms with Crippen LogP contribution in [0.25, 0.3) is 22.2 Å². The summed E-state index contributed by atoms with van der Waals surface area (Å²) >= 11 is 0. The largest absolute Gasteiger partial charge is 0.388 e. The lowest BCUT2D eigenvalue weighted by Gasteiger charge is -2.46. The van der Waals surface area contributed by atoms with Crippen LogP contribution in [-0.4, -0.2) is 70.3 Å². The second-order valence-corrected chi connectivity index (χ2v) is 13.0. The summed E-state index contributed by atoms with van der Waals surface area (Å²) in [5, 5.41) is 10.9. The van der Waals surface area contributed by atoms with Crippen molar-refractivity contribution in [1.29, 1.82) is 0 Å². The summed E-state index contributed by atoms with van der Waals surface area (Å²) in [6.45, 7) is 12.0. The number of nitrogens with two attached hydrogens (primary N) is 1. The highest BCUT2D eigenvalue weighted by Gasteiger charge is 2.40. The first-order valence-corrected chi connectivity index (χ1v) is 14.6. The van der Waals surface area contributed by atoms with Gasteiger partial charge in [0.05, 0.1) is 23.5 Å². The molecule has 1 aliphatic heterocycles. The molecule has 3 atom stereocenters. The molecule has 1 aliphatic carbocycles. The molecule has 4 aromatic rings. The molecule has 1 saturated carbocycles. The van der Waals surface area contributed by atoms with E-state index in [1.165, 1.54) is 24.7 Å². The fraction of sp³-hybridized carbons (Fsp3) is 0.600. The molecule has 40 heavy (non-hydrogen) atoms. The average molecular weight is 547 g/mol. The summed E-state index contributed by atoms with van der Waals surface area (Å²) in [4.78, 5) is 23.6. The van der Waals surface area contributed by atoms with Crippen molar-refractivity contribution < 1.29 is 9.84 Å². The van der Waals surface area contributed by atoms with E-state index in [4.69, 9.17) is 15.5 Å². The van der Waals surface area contributed by atoms with Crippen molar-refractivity contribution in [2.45, 2.75) is 103 Å². The number of rotatable bonds is 8. The summed E-state index contributed by atoms with van der Waals surface area (Å²) in [6.07, 6.45) is 6.90. The van der Waals surface area contributed by atoms with E-state index in [1.807, 2.05) is 0 Å². The molecule has 214 valence electrons. The Morgan fingerprint density at radius 3 is 2.73 bits per heavy atom. The van der Waals surface area contributed by atoms with Crippen molar-refractivity contribution in [2.75, 3.05) is 12.3 Å². The number of aromatic amines is 1. The van der Waals surface area contributed by atoms with Crippen LogP contribution in [0, 0.1) is 5.92 Å². The molecule has 10 nitrogen and oxygen atoms in total. The molecular formula is C30H42N8O2. The van der Waals surface area contributed by atoms with Crippen molar-refractivity contribution in [3.05, 3.63) is 42.2 Å². The number of nitrogen functional groups attached to an aromatic ring is 1. The van der Waals surface area contributed by atoms with E-state index in [0.717, 1.165) is 36.2 Å². The number of aliphatic hydroxyl groups excluding tert-OH is 1. The van der Waals surface area contributed by atoms with Gasteiger partial charge in [-0.15, -0.1) is 0 Å². The Labute approximate surface area is 235 Å². The van der Waals surface area contributed by atoms with E-state index >= 15 is 0 Å². The molecule has 10 heteroatoms. The van der Waals surface area contributed by atoms with Crippen molar-refractivity contribution in [1.82, 2.24) is 34.4 Å². The minimum absolute atomic E-state index is 0.0633. The number of anilines is 1. The van der Waals surface area contributed by atoms with Crippen LogP contribution in [0.3, 0.4) is 0 Å². The second kappa shape index (κ2) is 10.4. The van der Waals surface area contributed by atoms with Gasteiger partial charge in [-0.05, 0) is 62.1 Å². The van der Waals surface area contributed by atoms with E-state index in [2.05, 4.69) is 77.7 Å². The maximum atomic E-state index is 10.9. The van der Waals surface area contributed by atoms with Crippen LogP contribution in [0.4, 0.5) is 5.82 Å². The first-order chi connectivity index (χ1) is 19.1. The van der Waals surface area contributed by atoms with Gasteiger partial charge >= 0.3 is 0 Å². The maximum absolute atomic E-state index is 10.9. The van der Waals surface area contributed by atoms with Crippen LogP contribution in [0.15, 0.2) is 30.9 Å². The predicted molar refractivity (Wildman–Crippen MR) is 156 cm³/mol. The van der Waals surface area contributed by atoms with Gasteiger partial charge in [0.25, 0.3) is 0 Å². The number of imidazole rings is 2. The van der Waals surface area contributed by atoms with E-state index in [1.54, 1.807) is 10.9 Å². The fourth-order valence-electron chi connectivity index (χ4n) is 6.37. The number of aryl methyl sites for hydroxylation is 1. The Hall–Kier alpha value is -3.08. The Morgan fingerprint density at radius 1 is 1.18 bits per heavy atom. The highest BCUT2D eigenvalue weighted by molar-refractivity contribution is 5.81. The monoisotopic (exact) mass is 546 g/mol. The molecule has 3 unspecified atom stereocenters. The molecule has 0 radical (unpaired) electrons. The van der Waals surface area contributed by atoms with Gasteiger partial charge in [0.15, 0.2) is 17.7 Å². The first kappa shape index (κ1) is 27.1. The number of ether oxygens (including phenoxy) is 1. The van der Waals surface area contributed by atoms with Gasteiger partial charge in [-0.2, -0.15) is 0 Å². The predicted octanol–water partition coefficient (Wildman–Crippen LogP) is 4.35. The Balaban J connectivity index is 1.03. The van der Waals surface area contributed by atoms with Gasteiger partial charge in [0, 0.05) is 31.5 Å². The summed E-state index contributed by atoms with van der Waals surface area (Å²) in [5.74, 6) is 2.12. The lowest BCUT2D eigenvalue weighted by Crippen LogP contribution is -2.50. The molecule has 1 saturated heterocycles. The quantitative estimate of drug-likeness (QED) is 0.297. The van der Waals surface area contributed by atoms with E-state index < -0.39 is 12.3 Å². The van der Waals surface area contributed by atoms with Gasteiger partial charge in [0.1, 0.15) is 23.8 Å². The van der Waals surface area contributed by atoms with Crippen LogP contribution in [-0.2, 0) is 16.6 Å². The average Bonchev–Trinajstić information content (AvgIpc) is 3.57. The van der Waals surface area contributed by atoms with E-state index in [0.29, 0.717) is 41.4 Å². The van der Waals surface area contributed by atoms with Crippen molar-refractivity contribution in [3.63, 3.8) is 0 Å². The van der Waals surface area contributed by atoms with Crippen LogP contribution in [0.5, 0.6) is 0 Å². The van der Waals surface area contributed by atoms with Crippen molar-refractivity contribution >= 4 is 28.0 Å². The van der Waals surface area contributed by atoms with Gasteiger partial charge in [-0.1, -0.05) is 26.8 Å². The molecule has 1 aromatic carbocycles. The minimum Gasteiger partial charge on any atom is -0.388 e. The smallest absolute Gasteiger partial charge is 0.167 e. The molecule has 6 rings (SSSR count). The van der Waals surface area contributed by atoms with Crippen LogP contribution in [0.1, 0.15) is 77.9 Å². The molecule has 2 fully saturated rings. The number of nitrogens with zero attached hydrogens (tertiary/aromatic N) is 6. The zero-order valence-corrected chi connectivity index (χ0v) is 24.2. The first-order valence-electron chi connectivity index (χ1n) is 14.6. The molecule has 0 spiro atoms. The lowest BCUT2D eigenvalue weighted by molar-refractivity contribution is -0.0577. The van der Waals surface area contributed by atoms with Gasteiger partial charge in [-0.25, -0.2) is 19.9 Å². The zero-order valence-electron chi connectivity index (χ0n) is 24.2. The number of hydrogen-bond acceptors (Lipinski definition) is 8. The highest BCUT2D eigenvalue weighted by Crippen LogP contribution is 2.38. The number of benzene rings is 1. The number of aromatic nitrogens is 6. The normalized spacial score (nSPS) is 25.4. The molecule has 0 amide bonds. The Kier molecular flexibility index (Phi) is 7.04. The summed E-state index contributed by atoms with van der Waals surface area (Å²) in [5.41, 5.74) is 10.7. The molecule has 4 N–H and O–H groups in total. The van der Waals surface area contributed by atoms with Gasteiger partial charge in [0.2, 0.25) is 0 Å². The topological polar surface area (TPSA) is 131 Å². The third kappa shape index (κ3) is 5.20. The van der Waals surface area contributed by atoms with Gasteiger partial charge in [-0.3, -0.25) is 9.47 Å². The summed E-state index contributed by atoms with van der Waals surface area (Å²) in [7, 11) is 0. The maximum Gasteiger partial charge on any atom is 0.167 e.